The lowest BCUT2D eigenvalue weighted by Gasteiger charge is -2.40. The Hall–Kier alpha value is -3.20. The Kier molecular flexibility index (Phi) is 6.13. The van der Waals surface area contributed by atoms with Crippen LogP contribution in [0.1, 0.15) is 37.7 Å². The summed E-state index contributed by atoms with van der Waals surface area (Å²) < 4.78 is 27.1. The molecule has 33 heavy (non-hydrogen) atoms. The fraction of sp³-hybridized carbons (Fsp3) is 0.458. The minimum absolute atomic E-state index is 0.0942. The van der Waals surface area contributed by atoms with Gasteiger partial charge in [-0.15, -0.1) is 5.10 Å². The fourth-order valence-corrected chi connectivity index (χ4v) is 4.62. The molecule has 0 spiro atoms. The van der Waals surface area contributed by atoms with E-state index in [0.29, 0.717) is 18.2 Å². The average Bonchev–Trinajstić information content (AvgIpc) is 3.47. The molecule has 0 amide bonds. The molecule has 1 aromatic heterocycles. The molecule has 0 N–H and O–H groups in total. The first-order valence-corrected chi connectivity index (χ1v) is 11.5. The lowest BCUT2D eigenvalue weighted by molar-refractivity contribution is 0.153. The number of tetrazole rings is 1. The maximum absolute atomic E-state index is 14.3. The van der Waals surface area contributed by atoms with Crippen molar-refractivity contribution in [2.45, 2.75) is 32.9 Å². The summed E-state index contributed by atoms with van der Waals surface area (Å²) in [5, 5.41) is 12.7. The van der Waals surface area contributed by atoms with E-state index in [2.05, 4.69) is 39.2 Å². The van der Waals surface area contributed by atoms with E-state index in [1.54, 1.807) is 6.07 Å². The van der Waals surface area contributed by atoms with Crippen LogP contribution in [0.3, 0.4) is 0 Å². The number of piperazine rings is 1. The van der Waals surface area contributed by atoms with Gasteiger partial charge in [0.05, 0.1) is 18.3 Å². The van der Waals surface area contributed by atoms with Gasteiger partial charge in [-0.2, -0.15) is 0 Å². The molecule has 2 aliphatic heterocycles. The number of anilines is 1. The highest BCUT2D eigenvalue weighted by Gasteiger charge is 2.30. The van der Waals surface area contributed by atoms with Crippen molar-refractivity contribution in [3.8, 4) is 11.5 Å². The van der Waals surface area contributed by atoms with Gasteiger partial charge in [0.15, 0.2) is 17.3 Å². The van der Waals surface area contributed by atoms with Gasteiger partial charge in [0.25, 0.3) is 0 Å². The standard InChI is InChI=1S/C24H29FN6O2/c1-17(2)13-21(30-11-9-29(10-12-30)20-6-4-3-5-19(20)25)24-26-27-28-31(24)15-18-7-8-22-23(14-18)33-16-32-22/h3-8,14,17,21H,9-13,15-16H2,1-2H3/t21-/m1/s1. The molecule has 0 bridgehead atoms. The van der Waals surface area contributed by atoms with E-state index in [9.17, 15) is 4.39 Å². The molecular formula is C24H29FN6O2. The molecule has 1 saturated heterocycles. The maximum Gasteiger partial charge on any atom is 0.231 e. The third-order valence-corrected chi connectivity index (χ3v) is 6.27. The van der Waals surface area contributed by atoms with Crippen LogP contribution in [-0.2, 0) is 6.54 Å². The average molecular weight is 453 g/mol. The lowest BCUT2D eigenvalue weighted by atomic mass is 10.0. The van der Waals surface area contributed by atoms with E-state index in [-0.39, 0.29) is 18.7 Å². The van der Waals surface area contributed by atoms with E-state index in [1.807, 2.05) is 35.0 Å². The fourth-order valence-electron chi connectivity index (χ4n) is 4.62. The van der Waals surface area contributed by atoms with E-state index < -0.39 is 0 Å². The largest absolute Gasteiger partial charge is 0.454 e. The molecule has 8 nitrogen and oxygen atoms in total. The van der Waals surface area contributed by atoms with Crippen molar-refractivity contribution in [2.75, 3.05) is 37.9 Å². The van der Waals surface area contributed by atoms with E-state index >= 15 is 0 Å². The molecule has 2 aromatic carbocycles. The highest BCUT2D eigenvalue weighted by Crippen LogP contribution is 2.33. The van der Waals surface area contributed by atoms with Crippen LogP contribution < -0.4 is 14.4 Å². The number of fused-ring (bicyclic) bond motifs is 1. The molecule has 3 aromatic rings. The molecule has 9 heteroatoms. The molecule has 0 unspecified atom stereocenters. The van der Waals surface area contributed by atoms with Crippen molar-refractivity contribution >= 4 is 5.69 Å². The number of halogens is 1. The number of nitrogens with zero attached hydrogens (tertiary/aromatic N) is 6. The Morgan fingerprint density at radius 3 is 2.58 bits per heavy atom. The van der Waals surface area contributed by atoms with Gasteiger partial charge in [-0.25, -0.2) is 9.07 Å². The zero-order valence-corrected chi connectivity index (χ0v) is 19.0. The first-order valence-electron chi connectivity index (χ1n) is 11.5. The van der Waals surface area contributed by atoms with Gasteiger partial charge in [-0.05, 0) is 52.6 Å². The minimum atomic E-state index is -0.169. The van der Waals surface area contributed by atoms with Crippen molar-refractivity contribution in [3.63, 3.8) is 0 Å². The first kappa shape index (κ1) is 21.6. The van der Waals surface area contributed by atoms with Crippen molar-refractivity contribution < 1.29 is 13.9 Å². The summed E-state index contributed by atoms with van der Waals surface area (Å²) in [6.45, 7) is 8.42. The predicted octanol–water partition coefficient (Wildman–Crippen LogP) is 3.50. The van der Waals surface area contributed by atoms with Crippen molar-refractivity contribution in [1.82, 2.24) is 25.1 Å². The van der Waals surface area contributed by atoms with E-state index in [4.69, 9.17) is 9.47 Å². The lowest BCUT2D eigenvalue weighted by Crippen LogP contribution is -2.48. The Balaban J connectivity index is 1.33. The van der Waals surface area contributed by atoms with Gasteiger partial charge in [-0.3, -0.25) is 4.90 Å². The normalized spacial score (nSPS) is 17.0. The molecule has 0 saturated carbocycles. The zero-order valence-electron chi connectivity index (χ0n) is 19.0. The SMILES string of the molecule is CC(C)C[C@H](c1nnnn1Cc1ccc2c(c1)OCO2)N1CCN(c2ccccc2F)CC1. The third kappa shape index (κ3) is 4.64. The zero-order chi connectivity index (χ0) is 22.8. The molecule has 0 aliphatic carbocycles. The smallest absolute Gasteiger partial charge is 0.231 e. The van der Waals surface area contributed by atoms with Gasteiger partial charge < -0.3 is 14.4 Å². The molecule has 0 radical (unpaired) electrons. The summed E-state index contributed by atoms with van der Waals surface area (Å²) >= 11 is 0. The second-order valence-electron chi connectivity index (χ2n) is 9.00. The number of rotatable bonds is 7. The Bertz CT molecular complexity index is 1100. The summed E-state index contributed by atoms with van der Waals surface area (Å²) in [5.41, 5.74) is 1.73. The summed E-state index contributed by atoms with van der Waals surface area (Å²) in [6, 6.07) is 13.0. The van der Waals surface area contributed by atoms with E-state index in [1.165, 1.54) is 6.07 Å². The van der Waals surface area contributed by atoms with Gasteiger partial charge in [0, 0.05) is 26.2 Å². The van der Waals surface area contributed by atoms with Crippen molar-refractivity contribution in [3.05, 3.63) is 59.7 Å². The molecular weight excluding hydrogens is 423 g/mol. The van der Waals surface area contributed by atoms with Gasteiger partial charge in [0.2, 0.25) is 6.79 Å². The van der Waals surface area contributed by atoms with Crippen molar-refractivity contribution in [1.29, 1.82) is 0 Å². The van der Waals surface area contributed by atoms with Gasteiger partial charge >= 0.3 is 0 Å². The van der Waals surface area contributed by atoms with Crippen LogP contribution in [0.15, 0.2) is 42.5 Å². The van der Waals surface area contributed by atoms with Crippen LogP contribution in [-0.4, -0.2) is 58.1 Å². The predicted molar refractivity (Wildman–Crippen MR) is 122 cm³/mol. The summed E-state index contributed by atoms with van der Waals surface area (Å²) in [7, 11) is 0. The second-order valence-corrected chi connectivity index (χ2v) is 9.00. The first-order chi connectivity index (χ1) is 16.1. The van der Waals surface area contributed by atoms with E-state index in [0.717, 1.165) is 55.5 Å². The van der Waals surface area contributed by atoms with Crippen molar-refractivity contribution in [2.24, 2.45) is 5.92 Å². The Morgan fingerprint density at radius 2 is 1.79 bits per heavy atom. The van der Waals surface area contributed by atoms with Crippen LogP contribution >= 0.6 is 0 Å². The number of hydrogen-bond donors (Lipinski definition) is 0. The molecule has 1 atom stereocenters. The molecule has 2 aliphatic rings. The highest BCUT2D eigenvalue weighted by molar-refractivity contribution is 5.48. The highest BCUT2D eigenvalue weighted by atomic mass is 19.1. The topological polar surface area (TPSA) is 68.5 Å². The summed E-state index contributed by atoms with van der Waals surface area (Å²) in [5.74, 6) is 2.69. The van der Waals surface area contributed by atoms with Gasteiger partial charge in [0.1, 0.15) is 5.82 Å². The summed E-state index contributed by atoms with van der Waals surface area (Å²) in [4.78, 5) is 4.55. The molecule has 3 heterocycles. The van der Waals surface area contributed by atoms with Crippen LogP contribution in [0.2, 0.25) is 0 Å². The molecule has 5 rings (SSSR count). The number of benzene rings is 2. The minimum Gasteiger partial charge on any atom is -0.454 e. The second kappa shape index (κ2) is 9.35. The van der Waals surface area contributed by atoms with Crippen LogP contribution in [0.25, 0.3) is 0 Å². The number of para-hydroxylation sites is 1. The molecule has 174 valence electrons. The summed E-state index contributed by atoms with van der Waals surface area (Å²) in [6.07, 6.45) is 0.946. The number of hydrogen-bond acceptors (Lipinski definition) is 7. The van der Waals surface area contributed by atoms with Crippen LogP contribution in [0, 0.1) is 11.7 Å². The van der Waals surface area contributed by atoms with Crippen LogP contribution in [0.5, 0.6) is 11.5 Å². The number of aromatic nitrogens is 4. The molecule has 1 fully saturated rings. The monoisotopic (exact) mass is 452 g/mol. The quantitative estimate of drug-likeness (QED) is 0.544. The Morgan fingerprint density at radius 1 is 1.00 bits per heavy atom. The number of ether oxygens (including phenoxy) is 2. The maximum atomic E-state index is 14.3. The Labute approximate surface area is 192 Å². The third-order valence-electron chi connectivity index (χ3n) is 6.27. The van der Waals surface area contributed by atoms with Gasteiger partial charge in [-0.1, -0.05) is 32.0 Å². The van der Waals surface area contributed by atoms with Crippen LogP contribution in [0.4, 0.5) is 10.1 Å².